The van der Waals surface area contributed by atoms with Gasteiger partial charge in [-0.15, -0.1) is 0 Å². The van der Waals surface area contributed by atoms with E-state index in [1.54, 1.807) is 11.6 Å². The molecule has 31 heavy (non-hydrogen) atoms. The molecule has 4 N–H and O–H groups in total. The number of fused-ring (bicyclic) bond motifs is 1. The molecule has 1 fully saturated rings. The summed E-state index contributed by atoms with van der Waals surface area (Å²) in [5.74, 6) is 0.275. The van der Waals surface area contributed by atoms with Crippen molar-refractivity contribution in [2.75, 3.05) is 43.4 Å². The van der Waals surface area contributed by atoms with Crippen LogP contribution < -0.4 is 21.5 Å². The molecular weight excluding hydrogens is 390 g/mol. The summed E-state index contributed by atoms with van der Waals surface area (Å²) in [5, 5.41) is 10.6. The molecule has 2 aromatic carbocycles. The maximum absolute atomic E-state index is 12.9. The highest BCUT2D eigenvalue weighted by Crippen LogP contribution is 2.22. The van der Waals surface area contributed by atoms with Gasteiger partial charge in [-0.05, 0) is 49.0 Å². The summed E-state index contributed by atoms with van der Waals surface area (Å²) in [5.41, 5.74) is 10.1. The lowest BCUT2D eigenvalue weighted by molar-refractivity contribution is 0.313. The van der Waals surface area contributed by atoms with Crippen LogP contribution in [0.3, 0.4) is 0 Å². The number of rotatable bonds is 5. The summed E-state index contributed by atoms with van der Waals surface area (Å²) in [6.45, 7) is 4.14. The van der Waals surface area contributed by atoms with E-state index in [-0.39, 0.29) is 11.4 Å². The zero-order chi connectivity index (χ0) is 22.0. The van der Waals surface area contributed by atoms with Crippen molar-refractivity contribution < 1.29 is 0 Å². The first-order chi connectivity index (χ1) is 15.0. The number of anilines is 3. The van der Waals surface area contributed by atoms with Crippen LogP contribution in [0.15, 0.2) is 53.5 Å². The van der Waals surface area contributed by atoms with Crippen LogP contribution in [0, 0.1) is 5.41 Å². The highest BCUT2D eigenvalue weighted by molar-refractivity contribution is 6.09. The van der Waals surface area contributed by atoms with Crippen LogP contribution in [0.2, 0.25) is 0 Å². The molecule has 0 saturated carbocycles. The Kier molecular flexibility index (Phi) is 5.73. The lowest BCUT2D eigenvalue weighted by Gasteiger charge is -2.34. The second kappa shape index (κ2) is 8.61. The summed E-state index contributed by atoms with van der Waals surface area (Å²) < 4.78 is 1.56. The molecule has 0 bridgehead atoms. The molecule has 8 nitrogen and oxygen atoms in total. The number of hydrogen-bond donors (Lipinski definition) is 3. The molecule has 1 aliphatic heterocycles. The lowest BCUT2D eigenvalue weighted by Crippen LogP contribution is -2.44. The van der Waals surface area contributed by atoms with Gasteiger partial charge < -0.3 is 30.8 Å². The van der Waals surface area contributed by atoms with Crippen LogP contribution in [0.25, 0.3) is 16.6 Å². The third kappa shape index (κ3) is 4.15. The summed E-state index contributed by atoms with van der Waals surface area (Å²) in [6, 6.07) is 13.6. The standard InChI is InChI=1S/C23H27N7O/c1-28-9-11-30(12-10-28)19-6-4-18(5-7-19)26-22-23(31)29(2)21-13-16(17(14-24)15-25)3-8-20(21)27-22/h3-8,13-15,24H,9-12,25H2,1-2H3,(H,26,27)/b17-15+,24-14?. The third-order valence-electron chi connectivity index (χ3n) is 5.74. The maximum atomic E-state index is 12.9. The summed E-state index contributed by atoms with van der Waals surface area (Å²) in [6.07, 6.45) is 2.57. The Morgan fingerprint density at radius 3 is 2.45 bits per heavy atom. The first kappa shape index (κ1) is 20.6. The Hall–Kier alpha value is -3.65. The average Bonchev–Trinajstić information content (AvgIpc) is 2.79. The number of aryl methyl sites for hydroxylation is 1. The Balaban J connectivity index is 1.60. The van der Waals surface area contributed by atoms with Gasteiger partial charge in [0.1, 0.15) is 0 Å². The molecular formula is C23H27N7O. The largest absolute Gasteiger partial charge is 0.404 e. The predicted molar refractivity (Wildman–Crippen MR) is 127 cm³/mol. The normalized spacial score (nSPS) is 15.3. The first-order valence-electron chi connectivity index (χ1n) is 10.2. The number of hydrogen-bond acceptors (Lipinski definition) is 7. The Morgan fingerprint density at radius 2 is 1.81 bits per heavy atom. The van der Waals surface area contributed by atoms with Gasteiger partial charge in [-0.3, -0.25) is 4.79 Å². The first-order valence-corrected chi connectivity index (χ1v) is 10.2. The number of aromatic nitrogens is 2. The van der Waals surface area contributed by atoms with E-state index in [2.05, 4.69) is 39.3 Å². The SMILES string of the molecule is CN1CCN(c2ccc(Nc3nc4ccc(/C(C=N)=C/N)cc4n(C)c3=O)cc2)CC1. The molecule has 1 saturated heterocycles. The molecule has 0 amide bonds. The van der Waals surface area contributed by atoms with Crippen molar-refractivity contribution in [2.24, 2.45) is 12.8 Å². The van der Waals surface area contributed by atoms with Crippen molar-refractivity contribution in [2.45, 2.75) is 0 Å². The van der Waals surface area contributed by atoms with Gasteiger partial charge in [0.15, 0.2) is 5.82 Å². The smallest absolute Gasteiger partial charge is 0.293 e. The van der Waals surface area contributed by atoms with Crippen LogP contribution in [-0.4, -0.2) is 53.9 Å². The van der Waals surface area contributed by atoms with Crippen molar-refractivity contribution in [3.8, 4) is 0 Å². The number of nitrogens with zero attached hydrogens (tertiary/aromatic N) is 4. The van der Waals surface area contributed by atoms with Crippen molar-refractivity contribution in [1.29, 1.82) is 5.41 Å². The highest BCUT2D eigenvalue weighted by Gasteiger charge is 2.15. The summed E-state index contributed by atoms with van der Waals surface area (Å²) in [4.78, 5) is 22.1. The third-order valence-corrected chi connectivity index (χ3v) is 5.74. The van der Waals surface area contributed by atoms with Gasteiger partial charge in [0, 0.05) is 62.6 Å². The highest BCUT2D eigenvalue weighted by atomic mass is 16.1. The van der Waals surface area contributed by atoms with Gasteiger partial charge in [0.2, 0.25) is 0 Å². The summed E-state index contributed by atoms with van der Waals surface area (Å²) >= 11 is 0. The van der Waals surface area contributed by atoms with E-state index in [0.717, 1.165) is 37.4 Å². The second-order valence-electron chi connectivity index (χ2n) is 7.76. The van der Waals surface area contributed by atoms with E-state index in [0.29, 0.717) is 16.6 Å². The van der Waals surface area contributed by atoms with Crippen LogP contribution >= 0.6 is 0 Å². The number of benzene rings is 2. The Bertz CT molecular complexity index is 1190. The molecule has 0 aliphatic carbocycles. The predicted octanol–water partition coefficient (Wildman–Crippen LogP) is 2.38. The molecule has 8 heteroatoms. The van der Waals surface area contributed by atoms with E-state index >= 15 is 0 Å². The van der Waals surface area contributed by atoms with Gasteiger partial charge >= 0.3 is 0 Å². The number of nitrogens with one attached hydrogen (secondary N) is 2. The maximum Gasteiger partial charge on any atom is 0.293 e. The zero-order valence-electron chi connectivity index (χ0n) is 17.8. The quantitative estimate of drug-likeness (QED) is 0.551. The van der Waals surface area contributed by atoms with Crippen molar-refractivity contribution in [3.05, 3.63) is 64.6 Å². The number of nitrogens with two attached hydrogens (primary N) is 1. The number of likely N-dealkylation sites (N-methyl/N-ethyl adjacent to an activating group) is 1. The van der Waals surface area contributed by atoms with Crippen LogP contribution in [0.4, 0.5) is 17.2 Å². The van der Waals surface area contributed by atoms with Gasteiger partial charge in [0.25, 0.3) is 5.56 Å². The topological polar surface area (TPSA) is 103 Å². The monoisotopic (exact) mass is 417 g/mol. The molecule has 4 rings (SSSR count). The summed E-state index contributed by atoms with van der Waals surface area (Å²) in [7, 11) is 3.86. The molecule has 0 spiro atoms. The molecule has 1 aromatic heterocycles. The van der Waals surface area contributed by atoms with Gasteiger partial charge in [-0.1, -0.05) is 6.07 Å². The Labute approximate surface area is 181 Å². The average molecular weight is 418 g/mol. The van der Waals surface area contributed by atoms with Crippen LogP contribution in [0.1, 0.15) is 5.56 Å². The van der Waals surface area contributed by atoms with E-state index in [1.165, 1.54) is 18.1 Å². The molecule has 0 radical (unpaired) electrons. The fraction of sp³-hybridized carbons (Fsp3) is 0.261. The van der Waals surface area contributed by atoms with Crippen LogP contribution in [-0.2, 0) is 7.05 Å². The minimum absolute atomic E-state index is 0.221. The zero-order valence-corrected chi connectivity index (χ0v) is 17.8. The van der Waals surface area contributed by atoms with E-state index in [1.807, 2.05) is 30.3 Å². The van der Waals surface area contributed by atoms with Crippen molar-refractivity contribution in [1.82, 2.24) is 14.5 Å². The van der Waals surface area contributed by atoms with E-state index < -0.39 is 0 Å². The fourth-order valence-corrected chi connectivity index (χ4v) is 3.77. The van der Waals surface area contributed by atoms with Gasteiger partial charge in [0.05, 0.1) is 11.0 Å². The number of allylic oxidation sites excluding steroid dienone is 1. The second-order valence-corrected chi connectivity index (χ2v) is 7.76. The minimum Gasteiger partial charge on any atom is -0.404 e. The number of piperazine rings is 1. The van der Waals surface area contributed by atoms with E-state index in [9.17, 15) is 4.79 Å². The van der Waals surface area contributed by atoms with Gasteiger partial charge in [-0.25, -0.2) is 4.98 Å². The molecule has 160 valence electrons. The molecule has 1 aliphatic rings. The Morgan fingerprint density at radius 1 is 1.10 bits per heavy atom. The van der Waals surface area contributed by atoms with Crippen molar-refractivity contribution >= 4 is 40.0 Å². The minimum atomic E-state index is -0.221. The van der Waals surface area contributed by atoms with Crippen LogP contribution in [0.5, 0.6) is 0 Å². The molecule has 0 unspecified atom stereocenters. The van der Waals surface area contributed by atoms with Crippen molar-refractivity contribution in [3.63, 3.8) is 0 Å². The lowest BCUT2D eigenvalue weighted by atomic mass is 10.1. The van der Waals surface area contributed by atoms with E-state index in [4.69, 9.17) is 11.1 Å². The molecule has 3 aromatic rings. The van der Waals surface area contributed by atoms with Gasteiger partial charge in [-0.2, -0.15) is 0 Å². The molecule has 0 atom stereocenters. The molecule has 2 heterocycles. The fourth-order valence-electron chi connectivity index (χ4n) is 3.77.